The van der Waals surface area contributed by atoms with E-state index in [4.69, 9.17) is 17.4 Å². The molecule has 0 fully saturated rings. The van der Waals surface area contributed by atoms with E-state index in [2.05, 4.69) is 32.3 Å². The molecular formula is C14H18ClN3O. The molecular weight excluding hydrogens is 262 g/mol. The van der Waals surface area contributed by atoms with Crippen molar-refractivity contribution in [2.75, 3.05) is 11.4 Å². The third-order valence-corrected chi connectivity index (χ3v) is 3.64. The van der Waals surface area contributed by atoms with Crippen molar-refractivity contribution in [3.63, 3.8) is 0 Å². The van der Waals surface area contributed by atoms with Gasteiger partial charge < -0.3 is 4.90 Å². The third kappa shape index (κ3) is 2.60. The standard InChI is InChI=1S/C14H18ClN3O/c1-9-7-14(2,3)18(8-13(19)17-16)12-6-10(15)4-5-11(9)12/h4-7H,8,16H2,1-3H3,(H,17,19). The average molecular weight is 280 g/mol. The van der Waals surface area contributed by atoms with Gasteiger partial charge in [0.2, 0.25) is 0 Å². The Morgan fingerprint density at radius 3 is 2.79 bits per heavy atom. The Bertz CT molecular complexity index is 552. The van der Waals surface area contributed by atoms with Crippen LogP contribution in [-0.2, 0) is 4.79 Å². The summed E-state index contributed by atoms with van der Waals surface area (Å²) < 4.78 is 0. The minimum absolute atomic E-state index is 0.195. The summed E-state index contributed by atoms with van der Waals surface area (Å²) >= 11 is 6.08. The van der Waals surface area contributed by atoms with Gasteiger partial charge >= 0.3 is 0 Å². The van der Waals surface area contributed by atoms with E-state index in [0.717, 1.165) is 11.3 Å². The Morgan fingerprint density at radius 2 is 2.16 bits per heavy atom. The number of amides is 1. The van der Waals surface area contributed by atoms with Crippen LogP contribution in [0.5, 0.6) is 0 Å². The van der Waals surface area contributed by atoms with E-state index in [9.17, 15) is 4.79 Å². The molecule has 0 atom stereocenters. The molecule has 19 heavy (non-hydrogen) atoms. The van der Waals surface area contributed by atoms with E-state index in [1.54, 1.807) is 0 Å². The van der Waals surface area contributed by atoms with Crippen molar-refractivity contribution < 1.29 is 4.79 Å². The lowest BCUT2D eigenvalue weighted by molar-refractivity contribution is -0.120. The van der Waals surface area contributed by atoms with Gasteiger partial charge in [0.15, 0.2) is 0 Å². The van der Waals surface area contributed by atoms with Gasteiger partial charge in [-0.15, -0.1) is 0 Å². The molecule has 1 aliphatic heterocycles. The number of nitrogens with zero attached hydrogens (tertiary/aromatic N) is 1. The molecule has 0 spiro atoms. The SMILES string of the molecule is CC1=CC(C)(C)N(CC(=O)NN)c2cc(Cl)ccc21. The third-order valence-electron chi connectivity index (χ3n) is 3.40. The molecule has 1 aliphatic rings. The van der Waals surface area contributed by atoms with Gasteiger partial charge in [0.25, 0.3) is 5.91 Å². The normalized spacial score (nSPS) is 16.7. The van der Waals surface area contributed by atoms with Crippen molar-refractivity contribution in [1.82, 2.24) is 5.43 Å². The van der Waals surface area contributed by atoms with Crippen molar-refractivity contribution in [3.05, 3.63) is 34.9 Å². The minimum Gasteiger partial charge on any atom is -0.353 e. The number of anilines is 1. The predicted molar refractivity (Wildman–Crippen MR) is 78.9 cm³/mol. The van der Waals surface area contributed by atoms with Crippen LogP contribution in [0.3, 0.4) is 0 Å². The van der Waals surface area contributed by atoms with Crippen LogP contribution in [0.2, 0.25) is 5.02 Å². The molecule has 0 radical (unpaired) electrons. The summed E-state index contributed by atoms with van der Waals surface area (Å²) in [6.45, 7) is 6.38. The summed E-state index contributed by atoms with van der Waals surface area (Å²) in [4.78, 5) is 13.6. The summed E-state index contributed by atoms with van der Waals surface area (Å²) in [6.07, 6.45) is 2.15. The highest BCUT2D eigenvalue weighted by Gasteiger charge is 2.32. The van der Waals surface area contributed by atoms with Crippen LogP contribution in [0.25, 0.3) is 5.57 Å². The largest absolute Gasteiger partial charge is 0.353 e. The Morgan fingerprint density at radius 1 is 1.47 bits per heavy atom. The molecule has 0 saturated heterocycles. The lowest BCUT2D eigenvalue weighted by Crippen LogP contribution is -2.51. The highest BCUT2D eigenvalue weighted by atomic mass is 35.5. The number of nitrogens with two attached hydrogens (primary N) is 1. The monoisotopic (exact) mass is 279 g/mol. The second kappa shape index (κ2) is 4.87. The molecule has 1 amide bonds. The quantitative estimate of drug-likeness (QED) is 0.496. The van der Waals surface area contributed by atoms with Crippen molar-refractivity contribution in [3.8, 4) is 0 Å². The maximum Gasteiger partial charge on any atom is 0.253 e. The van der Waals surface area contributed by atoms with Crippen LogP contribution < -0.4 is 16.2 Å². The molecule has 0 bridgehead atoms. The maximum atomic E-state index is 11.6. The van der Waals surface area contributed by atoms with Gasteiger partial charge in [-0.2, -0.15) is 0 Å². The lowest BCUT2D eigenvalue weighted by atomic mass is 9.89. The second-order valence-corrected chi connectivity index (χ2v) is 5.73. The highest BCUT2D eigenvalue weighted by molar-refractivity contribution is 6.31. The van der Waals surface area contributed by atoms with Gasteiger partial charge in [0.1, 0.15) is 0 Å². The molecule has 1 aromatic carbocycles. The topological polar surface area (TPSA) is 58.4 Å². The van der Waals surface area contributed by atoms with Crippen LogP contribution in [0.1, 0.15) is 26.3 Å². The summed E-state index contributed by atoms with van der Waals surface area (Å²) in [5.74, 6) is 4.96. The molecule has 5 heteroatoms. The molecule has 102 valence electrons. The van der Waals surface area contributed by atoms with Gasteiger partial charge in [-0.3, -0.25) is 10.2 Å². The van der Waals surface area contributed by atoms with Gasteiger partial charge in [0, 0.05) is 16.3 Å². The minimum atomic E-state index is -0.270. The fourth-order valence-electron chi connectivity index (χ4n) is 2.54. The molecule has 3 N–H and O–H groups in total. The first-order chi connectivity index (χ1) is 8.85. The van der Waals surface area contributed by atoms with E-state index in [-0.39, 0.29) is 18.0 Å². The first-order valence-electron chi connectivity index (χ1n) is 6.11. The van der Waals surface area contributed by atoms with Gasteiger partial charge in [-0.05, 0) is 38.5 Å². The number of carbonyl (C=O) groups excluding carboxylic acids is 1. The number of halogens is 1. The number of fused-ring (bicyclic) bond motifs is 1. The number of benzene rings is 1. The summed E-state index contributed by atoms with van der Waals surface area (Å²) in [5.41, 5.74) is 5.13. The Labute approximate surface area is 118 Å². The Hall–Kier alpha value is -1.52. The molecule has 1 aromatic rings. The molecule has 0 unspecified atom stereocenters. The van der Waals surface area contributed by atoms with Crippen LogP contribution in [0.4, 0.5) is 5.69 Å². The van der Waals surface area contributed by atoms with Crippen LogP contribution in [0.15, 0.2) is 24.3 Å². The van der Waals surface area contributed by atoms with Crippen LogP contribution in [0, 0.1) is 0 Å². The smallest absolute Gasteiger partial charge is 0.253 e. The van der Waals surface area contributed by atoms with E-state index in [0.29, 0.717) is 5.02 Å². The highest BCUT2D eigenvalue weighted by Crippen LogP contribution is 2.39. The molecule has 0 aromatic heterocycles. The fraction of sp³-hybridized carbons (Fsp3) is 0.357. The summed E-state index contributed by atoms with van der Waals surface area (Å²) in [6, 6.07) is 5.72. The average Bonchev–Trinajstić information content (AvgIpc) is 2.33. The molecule has 2 rings (SSSR count). The van der Waals surface area contributed by atoms with Crippen molar-refractivity contribution in [2.45, 2.75) is 26.3 Å². The number of allylic oxidation sites excluding steroid dienone is 1. The maximum absolute atomic E-state index is 11.6. The number of hydrazine groups is 1. The summed E-state index contributed by atoms with van der Waals surface area (Å²) in [7, 11) is 0. The van der Waals surface area contributed by atoms with Crippen molar-refractivity contribution in [1.29, 1.82) is 0 Å². The van der Waals surface area contributed by atoms with E-state index >= 15 is 0 Å². The zero-order valence-electron chi connectivity index (χ0n) is 11.3. The first kappa shape index (κ1) is 13.9. The number of hydrogen-bond acceptors (Lipinski definition) is 3. The van der Waals surface area contributed by atoms with E-state index < -0.39 is 0 Å². The second-order valence-electron chi connectivity index (χ2n) is 5.30. The molecule has 0 saturated carbocycles. The van der Waals surface area contributed by atoms with Gasteiger partial charge in [-0.1, -0.05) is 23.7 Å². The predicted octanol–water partition coefficient (Wildman–Crippen LogP) is 2.33. The summed E-state index contributed by atoms with van der Waals surface area (Å²) in [5, 5.41) is 0.655. The van der Waals surface area contributed by atoms with Crippen molar-refractivity contribution in [2.24, 2.45) is 5.84 Å². The van der Waals surface area contributed by atoms with Gasteiger partial charge in [0.05, 0.1) is 12.1 Å². The first-order valence-corrected chi connectivity index (χ1v) is 6.49. The van der Waals surface area contributed by atoms with E-state index in [1.807, 2.05) is 23.1 Å². The molecule has 0 aliphatic carbocycles. The Balaban J connectivity index is 2.52. The molecule has 1 heterocycles. The number of hydrogen-bond donors (Lipinski definition) is 2. The van der Waals surface area contributed by atoms with E-state index in [1.165, 1.54) is 5.57 Å². The fourth-order valence-corrected chi connectivity index (χ4v) is 2.70. The number of rotatable bonds is 2. The number of nitrogens with one attached hydrogen (secondary N) is 1. The number of carbonyl (C=O) groups is 1. The molecule has 4 nitrogen and oxygen atoms in total. The van der Waals surface area contributed by atoms with Crippen LogP contribution in [-0.4, -0.2) is 18.0 Å². The zero-order valence-corrected chi connectivity index (χ0v) is 12.1. The van der Waals surface area contributed by atoms with Crippen molar-refractivity contribution >= 4 is 28.8 Å². The zero-order chi connectivity index (χ0) is 14.2. The van der Waals surface area contributed by atoms with Gasteiger partial charge in [-0.25, -0.2) is 5.84 Å². The Kier molecular flexibility index (Phi) is 3.56. The lowest BCUT2D eigenvalue weighted by Gasteiger charge is -2.42. The van der Waals surface area contributed by atoms with Crippen LogP contribution >= 0.6 is 11.6 Å².